The minimum Gasteiger partial charge on any atom is -0.351 e. The number of hydrogen-bond donors (Lipinski definition) is 1. The predicted octanol–water partition coefficient (Wildman–Crippen LogP) is 3.71. The van der Waals surface area contributed by atoms with E-state index in [1.54, 1.807) is 6.20 Å². The summed E-state index contributed by atoms with van der Waals surface area (Å²) in [6.45, 7) is 4.72. The Bertz CT molecular complexity index is 806. The molecule has 24 heavy (non-hydrogen) atoms. The summed E-state index contributed by atoms with van der Waals surface area (Å²) >= 11 is 0. The predicted molar refractivity (Wildman–Crippen MR) is 95.5 cm³/mol. The Morgan fingerprint density at radius 3 is 2.42 bits per heavy atom. The van der Waals surface area contributed by atoms with Gasteiger partial charge in [0.1, 0.15) is 0 Å². The van der Waals surface area contributed by atoms with Crippen molar-refractivity contribution in [3.8, 4) is 5.69 Å². The maximum absolute atomic E-state index is 12.3. The van der Waals surface area contributed by atoms with E-state index in [0.29, 0.717) is 12.1 Å². The van der Waals surface area contributed by atoms with Gasteiger partial charge in [-0.15, -0.1) is 0 Å². The van der Waals surface area contributed by atoms with Crippen LogP contribution in [0.3, 0.4) is 0 Å². The summed E-state index contributed by atoms with van der Waals surface area (Å²) in [5.74, 6) is 0.225. The van der Waals surface area contributed by atoms with Crippen molar-refractivity contribution in [2.24, 2.45) is 0 Å². The molecule has 0 aliphatic rings. The first-order chi connectivity index (χ1) is 11.6. The zero-order valence-electron chi connectivity index (χ0n) is 13.9. The number of aromatic nitrogens is 2. The lowest BCUT2D eigenvalue weighted by Gasteiger charge is -2.13. The van der Waals surface area contributed by atoms with Crippen molar-refractivity contribution in [1.82, 2.24) is 15.1 Å². The number of carbonyl (C=O) groups is 1. The first kappa shape index (κ1) is 16.0. The zero-order chi connectivity index (χ0) is 16.9. The minimum atomic E-state index is -0.0541. The number of aryl methyl sites for hydroxylation is 1. The summed E-state index contributed by atoms with van der Waals surface area (Å²) in [7, 11) is 0. The number of nitrogens with one attached hydrogen (secondary N) is 1. The molecule has 0 saturated carbocycles. The Kier molecular flexibility index (Phi) is 4.75. The van der Waals surface area contributed by atoms with E-state index in [9.17, 15) is 4.79 Å². The molecule has 1 N–H and O–H groups in total. The molecule has 1 atom stereocenters. The van der Waals surface area contributed by atoms with Crippen LogP contribution in [0.2, 0.25) is 0 Å². The summed E-state index contributed by atoms with van der Waals surface area (Å²) in [5.41, 5.74) is 3.89. The molecule has 0 aliphatic heterocycles. The van der Waals surface area contributed by atoms with Crippen LogP contribution < -0.4 is 5.32 Å². The van der Waals surface area contributed by atoms with Gasteiger partial charge in [0.2, 0.25) is 0 Å². The van der Waals surface area contributed by atoms with E-state index in [2.05, 4.69) is 29.5 Å². The van der Waals surface area contributed by atoms with Gasteiger partial charge in [0, 0.05) is 24.0 Å². The molecule has 0 bridgehead atoms. The third kappa shape index (κ3) is 3.54. The standard InChI is InChI=1S/C20H21N3O/c1-15(17-6-4-3-5-7-17)14-21-20(24)18-8-10-19(11-9-18)23-16(2)12-13-22-23/h3-13,15H,14H2,1-2H3,(H,21,24)/t15-/m0/s1. The van der Waals surface area contributed by atoms with Crippen LogP contribution in [0.5, 0.6) is 0 Å². The molecule has 122 valence electrons. The van der Waals surface area contributed by atoms with Crippen molar-refractivity contribution in [1.29, 1.82) is 0 Å². The van der Waals surface area contributed by atoms with E-state index in [-0.39, 0.29) is 11.8 Å². The van der Waals surface area contributed by atoms with Crippen LogP contribution in [0.4, 0.5) is 0 Å². The van der Waals surface area contributed by atoms with Gasteiger partial charge in [-0.05, 0) is 48.7 Å². The van der Waals surface area contributed by atoms with Gasteiger partial charge in [0.25, 0.3) is 5.91 Å². The van der Waals surface area contributed by atoms with Crippen molar-refractivity contribution in [2.45, 2.75) is 19.8 Å². The third-order valence-corrected chi connectivity index (χ3v) is 4.14. The van der Waals surface area contributed by atoms with Crippen LogP contribution in [0.25, 0.3) is 5.69 Å². The number of hydrogen-bond acceptors (Lipinski definition) is 2. The summed E-state index contributed by atoms with van der Waals surface area (Å²) < 4.78 is 1.85. The molecule has 1 aromatic heterocycles. The number of nitrogens with zero attached hydrogens (tertiary/aromatic N) is 2. The number of amides is 1. The molecule has 0 aliphatic carbocycles. The lowest BCUT2D eigenvalue weighted by molar-refractivity contribution is 0.0951. The highest BCUT2D eigenvalue weighted by Gasteiger charge is 2.10. The molecule has 4 nitrogen and oxygen atoms in total. The topological polar surface area (TPSA) is 46.9 Å². The van der Waals surface area contributed by atoms with E-state index >= 15 is 0 Å². The number of rotatable bonds is 5. The molecule has 1 amide bonds. The molecule has 0 fully saturated rings. The second-order valence-corrected chi connectivity index (χ2v) is 5.95. The van der Waals surface area contributed by atoms with Gasteiger partial charge in [0.05, 0.1) is 5.69 Å². The van der Waals surface area contributed by atoms with Crippen molar-refractivity contribution in [2.75, 3.05) is 6.54 Å². The lowest BCUT2D eigenvalue weighted by Crippen LogP contribution is -2.27. The molecule has 0 unspecified atom stereocenters. The fourth-order valence-corrected chi connectivity index (χ4v) is 2.64. The third-order valence-electron chi connectivity index (χ3n) is 4.14. The van der Waals surface area contributed by atoms with Crippen LogP contribution in [-0.2, 0) is 0 Å². The highest BCUT2D eigenvalue weighted by atomic mass is 16.1. The lowest BCUT2D eigenvalue weighted by atomic mass is 10.0. The highest BCUT2D eigenvalue weighted by Crippen LogP contribution is 2.14. The van der Waals surface area contributed by atoms with E-state index in [4.69, 9.17) is 0 Å². The smallest absolute Gasteiger partial charge is 0.251 e. The summed E-state index contributed by atoms with van der Waals surface area (Å²) in [5, 5.41) is 7.27. The van der Waals surface area contributed by atoms with Gasteiger partial charge in [-0.25, -0.2) is 4.68 Å². The van der Waals surface area contributed by atoms with Gasteiger partial charge < -0.3 is 5.32 Å². The van der Waals surface area contributed by atoms with Gasteiger partial charge in [0.15, 0.2) is 0 Å². The normalized spacial score (nSPS) is 11.9. The summed E-state index contributed by atoms with van der Waals surface area (Å²) in [4.78, 5) is 12.3. The van der Waals surface area contributed by atoms with Gasteiger partial charge >= 0.3 is 0 Å². The second-order valence-electron chi connectivity index (χ2n) is 5.95. The van der Waals surface area contributed by atoms with E-state index in [0.717, 1.165) is 11.4 Å². The second kappa shape index (κ2) is 7.13. The highest BCUT2D eigenvalue weighted by molar-refractivity contribution is 5.94. The maximum atomic E-state index is 12.3. The minimum absolute atomic E-state index is 0.0541. The molecule has 0 radical (unpaired) electrons. The van der Waals surface area contributed by atoms with Gasteiger partial charge in [-0.2, -0.15) is 5.10 Å². The molecular weight excluding hydrogens is 298 g/mol. The van der Waals surface area contributed by atoms with Crippen LogP contribution in [0.15, 0.2) is 66.9 Å². The summed E-state index contributed by atoms with van der Waals surface area (Å²) in [6, 6.07) is 19.6. The monoisotopic (exact) mass is 319 g/mol. The summed E-state index contributed by atoms with van der Waals surface area (Å²) in [6.07, 6.45) is 1.76. The van der Waals surface area contributed by atoms with E-state index < -0.39 is 0 Å². The Hall–Kier alpha value is -2.88. The zero-order valence-corrected chi connectivity index (χ0v) is 13.9. The van der Waals surface area contributed by atoms with Crippen LogP contribution in [0, 0.1) is 6.92 Å². The number of carbonyl (C=O) groups excluding carboxylic acids is 1. The Balaban J connectivity index is 1.62. The fraction of sp³-hybridized carbons (Fsp3) is 0.200. The Morgan fingerprint density at radius 1 is 1.08 bits per heavy atom. The Morgan fingerprint density at radius 2 is 1.79 bits per heavy atom. The van der Waals surface area contributed by atoms with Crippen molar-refractivity contribution in [3.63, 3.8) is 0 Å². The van der Waals surface area contributed by atoms with Crippen molar-refractivity contribution < 1.29 is 4.79 Å². The van der Waals surface area contributed by atoms with Crippen molar-refractivity contribution >= 4 is 5.91 Å². The molecular formula is C20H21N3O. The van der Waals surface area contributed by atoms with Gasteiger partial charge in [-0.3, -0.25) is 4.79 Å². The Labute approximate surface area is 142 Å². The molecule has 2 aromatic carbocycles. The molecule has 4 heteroatoms. The first-order valence-electron chi connectivity index (χ1n) is 8.09. The van der Waals surface area contributed by atoms with Crippen molar-refractivity contribution in [3.05, 3.63) is 83.7 Å². The first-order valence-corrected chi connectivity index (χ1v) is 8.09. The van der Waals surface area contributed by atoms with Gasteiger partial charge in [-0.1, -0.05) is 37.3 Å². The van der Waals surface area contributed by atoms with Crippen LogP contribution >= 0.6 is 0 Å². The van der Waals surface area contributed by atoms with E-state index in [1.807, 2.05) is 60.1 Å². The molecule has 1 heterocycles. The SMILES string of the molecule is Cc1ccnn1-c1ccc(C(=O)NC[C@H](C)c2ccccc2)cc1. The quantitative estimate of drug-likeness (QED) is 0.779. The largest absolute Gasteiger partial charge is 0.351 e. The van der Waals surface area contributed by atoms with Crippen LogP contribution in [-0.4, -0.2) is 22.2 Å². The average Bonchev–Trinajstić information content (AvgIpc) is 3.06. The average molecular weight is 319 g/mol. The molecule has 3 rings (SSSR count). The fourth-order valence-electron chi connectivity index (χ4n) is 2.64. The maximum Gasteiger partial charge on any atom is 0.251 e. The number of benzene rings is 2. The molecule has 3 aromatic rings. The molecule has 0 saturated heterocycles. The van der Waals surface area contributed by atoms with Crippen LogP contribution in [0.1, 0.15) is 34.5 Å². The van der Waals surface area contributed by atoms with E-state index in [1.165, 1.54) is 5.56 Å². The molecule has 0 spiro atoms.